The van der Waals surface area contributed by atoms with E-state index in [-0.39, 0.29) is 12.0 Å². The molecule has 1 aliphatic carbocycles. The molecule has 5 aromatic rings. The van der Waals surface area contributed by atoms with Crippen molar-refractivity contribution in [1.82, 2.24) is 19.2 Å². The van der Waals surface area contributed by atoms with Gasteiger partial charge < -0.3 is 14.0 Å². The van der Waals surface area contributed by atoms with Crippen LogP contribution in [0.3, 0.4) is 0 Å². The van der Waals surface area contributed by atoms with Crippen molar-refractivity contribution in [3.05, 3.63) is 83.6 Å². The molecule has 2 aromatic carbocycles. The van der Waals surface area contributed by atoms with Gasteiger partial charge in [0, 0.05) is 77.7 Å². The number of benzene rings is 2. The van der Waals surface area contributed by atoms with Crippen LogP contribution in [0.15, 0.2) is 72.9 Å². The van der Waals surface area contributed by atoms with E-state index in [1.807, 2.05) is 23.5 Å². The largest absolute Gasteiger partial charge is 0.381 e. The predicted molar refractivity (Wildman–Crippen MR) is 171 cm³/mol. The topological polar surface area (TPSA) is 50.1 Å². The molecule has 0 unspecified atom stereocenters. The summed E-state index contributed by atoms with van der Waals surface area (Å²) >= 11 is 8.05. The molecule has 2 atom stereocenters. The molecule has 0 N–H and O–H groups in total. The van der Waals surface area contributed by atoms with Gasteiger partial charge in [-0.1, -0.05) is 48.4 Å². The molecular weight excluding hydrogens is 564 g/mol. The van der Waals surface area contributed by atoms with E-state index in [0.29, 0.717) is 10.9 Å². The normalized spacial score (nSPS) is 20.0. The van der Waals surface area contributed by atoms with Crippen LogP contribution in [0, 0.1) is 5.92 Å². The molecule has 1 amide bonds. The van der Waals surface area contributed by atoms with Crippen LogP contribution in [0.5, 0.6) is 0 Å². The van der Waals surface area contributed by atoms with Gasteiger partial charge in [-0.05, 0) is 61.0 Å². The minimum absolute atomic E-state index is 0.0952. The van der Waals surface area contributed by atoms with Crippen LogP contribution in [0.2, 0.25) is 5.02 Å². The number of nitrogens with zero attached hydrogens (tertiary/aromatic N) is 4. The lowest BCUT2D eigenvalue weighted by molar-refractivity contribution is -0.140. The molecule has 7 rings (SSSR count). The second-order valence-corrected chi connectivity index (χ2v) is 13.1. The SMILES string of the molecule is CO[C@H]1CCC[C@@H](C(=O)N2CCN(Cc3c(-c4ccc(Cl)cc4)nc4ccc(-c5cc6ccccc6s5)cn34)CC2)C1. The molecule has 8 heteroatoms. The molecule has 2 fully saturated rings. The quantitative estimate of drug-likeness (QED) is 0.205. The predicted octanol–water partition coefficient (Wildman–Crippen LogP) is 7.39. The van der Waals surface area contributed by atoms with Crippen molar-refractivity contribution in [2.24, 2.45) is 5.92 Å². The molecule has 1 saturated heterocycles. The van der Waals surface area contributed by atoms with Crippen LogP contribution in [0.1, 0.15) is 31.4 Å². The van der Waals surface area contributed by atoms with E-state index >= 15 is 0 Å². The molecule has 0 bridgehead atoms. The van der Waals surface area contributed by atoms with Crippen LogP contribution < -0.4 is 0 Å². The fourth-order valence-electron chi connectivity index (χ4n) is 6.53. The average Bonchev–Trinajstić information content (AvgIpc) is 3.63. The zero-order valence-corrected chi connectivity index (χ0v) is 25.4. The zero-order valence-electron chi connectivity index (χ0n) is 23.8. The maximum Gasteiger partial charge on any atom is 0.225 e. The van der Waals surface area contributed by atoms with E-state index in [0.717, 1.165) is 81.0 Å². The van der Waals surface area contributed by atoms with Gasteiger partial charge in [0.2, 0.25) is 5.91 Å². The molecule has 1 aliphatic heterocycles. The standard InChI is InChI=1S/C34H35ClN4O2S/c1-41-28-7-4-6-25(19-28)34(40)38-17-15-37(16-18-38)22-29-33(23-9-12-27(35)13-10-23)36-32-14-11-26(21-39(29)32)31-20-24-5-2-3-8-30(24)42-31/h2-3,5,8-14,20-21,25,28H,4,6-7,15-19,22H2,1H3/t25-,28+/m1/s1. The van der Waals surface area contributed by atoms with Crippen LogP contribution in [0.4, 0.5) is 0 Å². The van der Waals surface area contributed by atoms with Gasteiger partial charge in [0.05, 0.1) is 17.5 Å². The van der Waals surface area contributed by atoms with Crippen molar-refractivity contribution in [3.8, 4) is 21.7 Å². The molecule has 0 spiro atoms. The Balaban J connectivity index is 1.16. The number of amides is 1. The first-order valence-corrected chi connectivity index (χ1v) is 16.0. The summed E-state index contributed by atoms with van der Waals surface area (Å²) in [7, 11) is 1.76. The number of ether oxygens (including phenoxy) is 1. The van der Waals surface area contributed by atoms with E-state index in [1.54, 1.807) is 7.11 Å². The molecule has 216 valence electrons. The monoisotopic (exact) mass is 598 g/mol. The zero-order chi connectivity index (χ0) is 28.6. The minimum atomic E-state index is 0.0952. The molecule has 42 heavy (non-hydrogen) atoms. The fourth-order valence-corrected chi connectivity index (χ4v) is 7.71. The van der Waals surface area contributed by atoms with Gasteiger partial charge in [-0.15, -0.1) is 11.3 Å². The van der Waals surface area contributed by atoms with Gasteiger partial charge in [0.25, 0.3) is 0 Å². The third-order valence-corrected chi connectivity index (χ3v) is 10.3. The number of hydrogen-bond acceptors (Lipinski definition) is 5. The summed E-state index contributed by atoms with van der Waals surface area (Å²) in [5.74, 6) is 0.402. The molecule has 2 aliphatic rings. The van der Waals surface area contributed by atoms with Crippen LogP contribution >= 0.6 is 22.9 Å². The maximum atomic E-state index is 13.3. The summed E-state index contributed by atoms with van der Waals surface area (Å²) in [6, 6.07) is 23.1. The van der Waals surface area contributed by atoms with Gasteiger partial charge >= 0.3 is 0 Å². The summed E-state index contributed by atoms with van der Waals surface area (Å²) in [6.07, 6.45) is 6.41. The van der Waals surface area contributed by atoms with Crippen LogP contribution in [-0.2, 0) is 16.1 Å². The Kier molecular flexibility index (Phi) is 7.76. The Morgan fingerprint density at radius 1 is 1.00 bits per heavy atom. The Morgan fingerprint density at radius 2 is 1.79 bits per heavy atom. The first-order chi connectivity index (χ1) is 20.6. The van der Waals surface area contributed by atoms with Gasteiger partial charge in [-0.2, -0.15) is 0 Å². The van der Waals surface area contributed by atoms with Gasteiger partial charge in [0.15, 0.2) is 0 Å². The molecule has 3 aromatic heterocycles. The highest BCUT2D eigenvalue weighted by molar-refractivity contribution is 7.22. The number of aromatic nitrogens is 2. The van der Waals surface area contributed by atoms with E-state index in [9.17, 15) is 4.79 Å². The third kappa shape index (κ3) is 5.47. The van der Waals surface area contributed by atoms with Crippen molar-refractivity contribution in [1.29, 1.82) is 0 Å². The number of imidazole rings is 1. The number of pyridine rings is 1. The summed E-state index contributed by atoms with van der Waals surface area (Å²) < 4.78 is 9.13. The number of methoxy groups -OCH3 is 1. The highest BCUT2D eigenvalue weighted by Crippen LogP contribution is 2.35. The minimum Gasteiger partial charge on any atom is -0.381 e. The van der Waals surface area contributed by atoms with Gasteiger partial charge in [-0.25, -0.2) is 4.98 Å². The van der Waals surface area contributed by atoms with E-state index in [4.69, 9.17) is 21.3 Å². The molecule has 0 radical (unpaired) electrons. The number of carbonyl (C=O) groups is 1. The highest BCUT2D eigenvalue weighted by Gasteiger charge is 2.32. The lowest BCUT2D eigenvalue weighted by Gasteiger charge is -2.38. The first kappa shape index (κ1) is 27.6. The number of halogens is 1. The highest BCUT2D eigenvalue weighted by atomic mass is 35.5. The van der Waals surface area contributed by atoms with Crippen molar-refractivity contribution in [2.45, 2.75) is 38.3 Å². The Labute approximate surface area is 255 Å². The van der Waals surface area contributed by atoms with Crippen LogP contribution in [-0.4, -0.2) is 64.5 Å². The summed E-state index contributed by atoms with van der Waals surface area (Å²) in [5, 5.41) is 1.98. The first-order valence-electron chi connectivity index (χ1n) is 14.9. The molecule has 1 saturated carbocycles. The number of piperazine rings is 1. The second-order valence-electron chi connectivity index (χ2n) is 11.5. The molecule has 4 heterocycles. The average molecular weight is 599 g/mol. The maximum absolute atomic E-state index is 13.3. The van der Waals surface area contributed by atoms with Crippen molar-refractivity contribution < 1.29 is 9.53 Å². The van der Waals surface area contributed by atoms with Gasteiger partial charge in [0.1, 0.15) is 5.65 Å². The van der Waals surface area contributed by atoms with Crippen molar-refractivity contribution in [3.63, 3.8) is 0 Å². The summed E-state index contributed by atoms with van der Waals surface area (Å²) in [5.41, 5.74) is 5.30. The second kappa shape index (κ2) is 11.8. The van der Waals surface area contributed by atoms with Crippen molar-refractivity contribution >= 4 is 44.6 Å². The van der Waals surface area contributed by atoms with Crippen molar-refractivity contribution in [2.75, 3.05) is 33.3 Å². The van der Waals surface area contributed by atoms with E-state index in [1.165, 1.54) is 20.5 Å². The number of carbonyl (C=O) groups excluding carboxylic acids is 1. The van der Waals surface area contributed by atoms with E-state index in [2.05, 4.69) is 75.0 Å². The third-order valence-electron chi connectivity index (χ3n) is 8.91. The van der Waals surface area contributed by atoms with E-state index < -0.39 is 0 Å². The lowest BCUT2D eigenvalue weighted by Crippen LogP contribution is -2.50. The molecular formula is C34H35ClN4O2S. The summed E-state index contributed by atoms with van der Waals surface area (Å²) in [6.45, 7) is 3.96. The number of fused-ring (bicyclic) bond motifs is 2. The smallest absolute Gasteiger partial charge is 0.225 e. The molecule has 6 nitrogen and oxygen atoms in total. The number of thiophene rings is 1. The Hall–Kier alpha value is -3.23. The van der Waals surface area contributed by atoms with Crippen LogP contribution in [0.25, 0.3) is 37.4 Å². The fraction of sp³-hybridized carbons (Fsp3) is 0.353. The number of hydrogen-bond donors (Lipinski definition) is 0. The lowest BCUT2D eigenvalue weighted by atomic mass is 9.86. The number of rotatable bonds is 6. The van der Waals surface area contributed by atoms with Gasteiger partial charge in [-0.3, -0.25) is 9.69 Å². The Morgan fingerprint density at radius 3 is 2.57 bits per heavy atom. The Bertz CT molecular complexity index is 1690. The summed E-state index contributed by atoms with van der Waals surface area (Å²) in [4.78, 5) is 24.2.